The Balaban J connectivity index is 1.73. The second kappa shape index (κ2) is 7.72. The monoisotopic (exact) mass is 387 g/mol. The number of aromatic carboxylic acids is 1. The lowest BCUT2D eigenvalue weighted by Gasteiger charge is -2.09. The summed E-state index contributed by atoms with van der Waals surface area (Å²) in [6.45, 7) is 2.56. The third-order valence-corrected chi connectivity index (χ3v) is 4.70. The summed E-state index contributed by atoms with van der Waals surface area (Å²) in [6.07, 6.45) is 0. The highest BCUT2D eigenvalue weighted by Crippen LogP contribution is 2.29. The zero-order valence-electron chi connectivity index (χ0n) is 15.7. The summed E-state index contributed by atoms with van der Waals surface area (Å²) in [4.78, 5) is 16.0. The quantitative estimate of drug-likeness (QED) is 0.470. The molecule has 1 aromatic heterocycles. The SMILES string of the molecule is CCOc1ccc(-c2ccc(-c3cc(C(=O)O)c4cccc(F)c4n3)cc2)cc1. The molecule has 4 rings (SSSR count). The van der Waals surface area contributed by atoms with Gasteiger partial charge in [0.25, 0.3) is 0 Å². The molecule has 0 unspecified atom stereocenters. The summed E-state index contributed by atoms with van der Waals surface area (Å²) < 4.78 is 19.7. The maximum Gasteiger partial charge on any atom is 0.336 e. The van der Waals surface area contributed by atoms with Gasteiger partial charge in [-0.15, -0.1) is 0 Å². The summed E-state index contributed by atoms with van der Waals surface area (Å²) >= 11 is 0. The van der Waals surface area contributed by atoms with E-state index in [1.807, 2.05) is 55.5 Å². The molecule has 144 valence electrons. The largest absolute Gasteiger partial charge is 0.494 e. The van der Waals surface area contributed by atoms with E-state index in [0.29, 0.717) is 17.9 Å². The first kappa shape index (κ1) is 18.6. The molecule has 0 bridgehead atoms. The summed E-state index contributed by atoms with van der Waals surface area (Å²) in [6, 6.07) is 21.2. The first-order valence-corrected chi connectivity index (χ1v) is 9.23. The number of pyridine rings is 1. The van der Waals surface area contributed by atoms with Crippen molar-refractivity contribution in [1.29, 1.82) is 0 Å². The van der Waals surface area contributed by atoms with Crippen molar-refractivity contribution < 1.29 is 19.0 Å². The number of ether oxygens (including phenoxy) is 1. The minimum absolute atomic E-state index is 0.0279. The molecule has 4 nitrogen and oxygen atoms in total. The molecule has 1 heterocycles. The van der Waals surface area contributed by atoms with Crippen LogP contribution in [0.2, 0.25) is 0 Å². The van der Waals surface area contributed by atoms with E-state index in [0.717, 1.165) is 16.9 Å². The van der Waals surface area contributed by atoms with Crippen LogP contribution in [0.5, 0.6) is 5.75 Å². The zero-order valence-corrected chi connectivity index (χ0v) is 15.7. The number of rotatable bonds is 5. The Morgan fingerprint density at radius 1 is 0.966 bits per heavy atom. The van der Waals surface area contributed by atoms with E-state index in [-0.39, 0.29) is 16.5 Å². The molecule has 1 N–H and O–H groups in total. The van der Waals surface area contributed by atoms with Gasteiger partial charge in [-0.2, -0.15) is 0 Å². The molecule has 0 spiro atoms. The Bertz CT molecular complexity index is 1190. The first-order valence-electron chi connectivity index (χ1n) is 9.23. The Hall–Kier alpha value is -3.73. The molecule has 0 fully saturated rings. The van der Waals surface area contributed by atoms with Crippen LogP contribution in [0.25, 0.3) is 33.3 Å². The maximum absolute atomic E-state index is 14.2. The fourth-order valence-electron chi connectivity index (χ4n) is 3.28. The zero-order chi connectivity index (χ0) is 20.4. The number of fused-ring (bicyclic) bond motifs is 1. The van der Waals surface area contributed by atoms with Gasteiger partial charge in [-0.1, -0.05) is 48.5 Å². The van der Waals surface area contributed by atoms with E-state index in [1.165, 1.54) is 18.2 Å². The van der Waals surface area contributed by atoms with Crippen LogP contribution >= 0.6 is 0 Å². The van der Waals surface area contributed by atoms with Crippen molar-refractivity contribution in [2.24, 2.45) is 0 Å². The molecular weight excluding hydrogens is 369 g/mol. The molecule has 0 saturated heterocycles. The van der Waals surface area contributed by atoms with Crippen molar-refractivity contribution in [3.05, 3.63) is 84.2 Å². The molecule has 0 amide bonds. The summed E-state index contributed by atoms with van der Waals surface area (Å²) in [5.74, 6) is -0.843. The van der Waals surface area contributed by atoms with Crippen molar-refractivity contribution in [2.45, 2.75) is 6.92 Å². The van der Waals surface area contributed by atoms with Gasteiger partial charge < -0.3 is 9.84 Å². The molecular formula is C24H18FNO3. The lowest BCUT2D eigenvalue weighted by molar-refractivity contribution is 0.0699. The normalized spacial score (nSPS) is 10.8. The maximum atomic E-state index is 14.2. The summed E-state index contributed by atoms with van der Waals surface area (Å²) in [5.41, 5.74) is 3.25. The molecule has 0 radical (unpaired) electrons. The van der Waals surface area contributed by atoms with E-state index in [4.69, 9.17) is 4.74 Å². The van der Waals surface area contributed by atoms with E-state index >= 15 is 0 Å². The molecule has 0 aliphatic rings. The lowest BCUT2D eigenvalue weighted by atomic mass is 10.0. The van der Waals surface area contributed by atoms with Crippen molar-refractivity contribution in [2.75, 3.05) is 6.61 Å². The van der Waals surface area contributed by atoms with E-state index < -0.39 is 11.8 Å². The van der Waals surface area contributed by atoms with Crippen molar-refractivity contribution in [3.8, 4) is 28.1 Å². The number of halogens is 1. The van der Waals surface area contributed by atoms with Crippen LogP contribution in [0, 0.1) is 5.82 Å². The van der Waals surface area contributed by atoms with Crippen LogP contribution in [-0.2, 0) is 0 Å². The third kappa shape index (κ3) is 3.67. The molecule has 5 heteroatoms. The van der Waals surface area contributed by atoms with Crippen molar-refractivity contribution in [3.63, 3.8) is 0 Å². The second-order valence-electron chi connectivity index (χ2n) is 6.53. The number of hydrogen-bond donors (Lipinski definition) is 1. The number of aromatic nitrogens is 1. The van der Waals surface area contributed by atoms with Gasteiger partial charge in [0.2, 0.25) is 0 Å². The van der Waals surface area contributed by atoms with Gasteiger partial charge in [0.1, 0.15) is 17.1 Å². The minimum atomic E-state index is -1.12. The minimum Gasteiger partial charge on any atom is -0.494 e. The number of nitrogens with zero attached hydrogens (tertiary/aromatic N) is 1. The van der Waals surface area contributed by atoms with Crippen molar-refractivity contribution in [1.82, 2.24) is 4.98 Å². The van der Waals surface area contributed by atoms with E-state index in [2.05, 4.69) is 4.98 Å². The predicted molar refractivity (Wildman–Crippen MR) is 111 cm³/mol. The number of carbonyl (C=O) groups is 1. The molecule has 4 aromatic rings. The van der Waals surface area contributed by atoms with Gasteiger partial charge in [0.05, 0.1) is 17.9 Å². The van der Waals surface area contributed by atoms with Gasteiger partial charge in [0.15, 0.2) is 0 Å². The van der Waals surface area contributed by atoms with Crippen LogP contribution in [0.3, 0.4) is 0 Å². The number of para-hydroxylation sites is 1. The first-order chi connectivity index (χ1) is 14.1. The molecule has 0 saturated carbocycles. The number of carboxylic acid groups (broad SMARTS) is 1. The molecule has 29 heavy (non-hydrogen) atoms. The lowest BCUT2D eigenvalue weighted by Crippen LogP contribution is -2.01. The Morgan fingerprint density at radius 3 is 2.21 bits per heavy atom. The molecule has 3 aromatic carbocycles. The fourth-order valence-corrected chi connectivity index (χ4v) is 3.28. The van der Waals surface area contributed by atoms with Crippen LogP contribution in [0.15, 0.2) is 72.8 Å². The highest BCUT2D eigenvalue weighted by Gasteiger charge is 2.15. The fraction of sp³-hybridized carbons (Fsp3) is 0.0833. The van der Waals surface area contributed by atoms with Gasteiger partial charge in [-0.25, -0.2) is 14.2 Å². The smallest absolute Gasteiger partial charge is 0.336 e. The molecule has 0 atom stereocenters. The number of hydrogen-bond acceptors (Lipinski definition) is 3. The number of carboxylic acids is 1. The van der Waals surface area contributed by atoms with E-state index in [1.54, 1.807) is 6.07 Å². The topological polar surface area (TPSA) is 59.4 Å². The van der Waals surface area contributed by atoms with Crippen LogP contribution in [0.4, 0.5) is 4.39 Å². The summed E-state index contributed by atoms with van der Waals surface area (Å²) in [7, 11) is 0. The Morgan fingerprint density at radius 2 is 1.59 bits per heavy atom. The van der Waals surface area contributed by atoms with Gasteiger partial charge in [-0.05, 0) is 42.3 Å². The van der Waals surface area contributed by atoms with Crippen LogP contribution in [-0.4, -0.2) is 22.7 Å². The van der Waals surface area contributed by atoms with Crippen LogP contribution < -0.4 is 4.74 Å². The Kier molecular flexibility index (Phi) is 4.96. The molecule has 0 aliphatic carbocycles. The Labute approximate surface area is 167 Å². The second-order valence-corrected chi connectivity index (χ2v) is 6.53. The van der Waals surface area contributed by atoms with Gasteiger partial charge in [-0.3, -0.25) is 0 Å². The average molecular weight is 387 g/mol. The standard InChI is InChI=1S/C24H18FNO3/c1-2-29-18-12-10-16(11-13-18)15-6-8-17(9-7-15)22-14-20(24(27)28)19-4-3-5-21(25)23(19)26-22/h3-14H,2H2,1H3,(H,27,28). The molecule has 0 aliphatic heterocycles. The van der Waals surface area contributed by atoms with Crippen LogP contribution in [0.1, 0.15) is 17.3 Å². The predicted octanol–water partition coefficient (Wildman–Crippen LogP) is 5.80. The van der Waals surface area contributed by atoms with E-state index in [9.17, 15) is 14.3 Å². The number of benzene rings is 3. The van der Waals surface area contributed by atoms with Gasteiger partial charge >= 0.3 is 5.97 Å². The van der Waals surface area contributed by atoms with Gasteiger partial charge in [0, 0.05) is 10.9 Å². The summed E-state index contributed by atoms with van der Waals surface area (Å²) in [5, 5.41) is 9.82. The third-order valence-electron chi connectivity index (χ3n) is 4.70. The average Bonchev–Trinajstić information content (AvgIpc) is 2.74. The highest BCUT2D eigenvalue weighted by molar-refractivity contribution is 6.03. The van der Waals surface area contributed by atoms with Crippen molar-refractivity contribution >= 4 is 16.9 Å². The highest BCUT2D eigenvalue weighted by atomic mass is 19.1.